The van der Waals surface area contributed by atoms with Crippen molar-refractivity contribution in [3.05, 3.63) is 42.5 Å². The number of rotatable bonds is 3. The minimum absolute atomic E-state index is 0. The number of fused-ring (bicyclic) bond motifs is 1. The van der Waals surface area contributed by atoms with E-state index in [1.165, 1.54) is 19.3 Å². The van der Waals surface area contributed by atoms with Crippen LogP contribution in [0.4, 0.5) is 0 Å². The van der Waals surface area contributed by atoms with Crippen LogP contribution in [0.25, 0.3) is 0 Å². The Labute approximate surface area is 156 Å². The number of likely N-dealkylation sites (tertiary alicyclic amines) is 1. The van der Waals surface area contributed by atoms with Gasteiger partial charge >= 0.3 is 5.97 Å². The molecule has 1 heterocycles. The molecule has 140 valence electrons. The molecule has 1 aromatic rings. The summed E-state index contributed by atoms with van der Waals surface area (Å²) in [6.45, 7) is 0.829. The van der Waals surface area contributed by atoms with E-state index >= 15 is 0 Å². The van der Waals surface area contributed by atoms with Crippen LogP contribution in [-0.4, -0.2) is 29.4 Å². The van der Waals surface area contributed by atoms with Gasteiger partial charge < -0.3 is 9.64 Å². The maximum atomic E-state index is 13.3. The molecular formula is C22H29NO3. The van der Waals surface area contributed by atoms with Crippen molar-refractivity contribution < 1.29 is 15.8 Å². The fourth-order valence-electron chi connectivity index (χ4n) is 4.86. The second-order valence-electron chi connectivity index (χ2n) is 7.81. The largest absolute Gasteiger partial charge is 0.426 e. The third-order valence-corrected chi connectivity index (χ3v) is 6.22. The predicted octanol–water partition coefficient (Wildman–Crippen LogP) is 4.21. The SMILES string of the molecule is O=C(Oc1ccccc1)[C@H]1CC=CC2CCN(C3CCCCC3)C(=O)C21.[HH]. The molecule has 3 atom stereocenters. The number of nitrogens with zero attached hydrogens (tertiary/aromatic N) is 1. The number of ether oxygens (including phenoxy) is 1. The lowest BCUT2D eigenvalue weighted by atomic mass is 9.71. The molecule has 2 fully saturated rings. The van der Waals surface area contributed by atoms with E-state index in [0.717, 1.165) is 25.8 Å². The first-order valence-electron chi connectivity index (χ1n) is 9.98. The highest BCUT2D eigenvalue weighted by Crippen LogP contribution is 2.40. The molecule has 3 aliphatic rings. The van der Waals surface area contributed by atoms with Crippen LogP contribution in [0.15, 0.2) is 42.5 Å². The van der Waals surface area contributed by atoms with Gasteiger partial charge in [0.25, 0.3) is 0 Å². The van der Waals surface area contributed by atoms with Gasteiger partial charge in [0.15, 0.2) is 0 Å². The molecule has 0 radical (unpaired) electrons. The molecule has 4 heteroatoms. The van der Waals surface area contributed by atoms with Gasteiger partial charge in [0.1, 0.15) is 5.75 Å². The summed E-state index contributed by atoms with van der Waals surface area (Å²) in [5.41, 5.74) is 0. The highest BCUT2D eigenvalue weighted by Gasteiger charge is 2.46. The Morgan fingerprint density at radius 2 is 1.85 bits per heavy atom. The molecule has 0 N–H and O–H groups in total. The lowest BCUT2D eigenvalue weighted by Crippen LogP contribution is -2.54. The van der Waals surface area contributed by atoms with Crippen LogP contribution in [0.3, 0.4) is 0 Å². The average molecular weight is 355 g/mol. The van der Waals surface area contributed by atoms with Gasteiger partial charge in [0, 0.05) is 14.0 Å². The van der Waals surface area contributed by atoms with Crippen LogP contribution < -0.4 is 4.74 Å². The number of carbonyl (C=O) groups is 2. The van der Waals surface area contributed by atoms with Gasteiger partial charge in [-0.15, -0.1) is 0 Å². The fourth-order valence-corrected chi connectivity index (χ4v) is 4.86. The zero-order chi connectivity index (χ0) is 17.9. The lowest BCUT2D eigenvalue weighted by Gasteiger charge is -2.45. The van der Waals surface area contributed by atoms with E-state index in [2.05, 4.69) is 17.1 Å². The Bertz CT molecular complexity index is 684. The van der Waals surface area contributed by atoms with Crippen molar-refractivity contribution in [2.24, 2.45) is 17.8 Å². The second kappa shape index (κ2) is 7.65. The number of benzene rings is 1. The fraction of sp³-hybridized carbons (Fsp3) is 0.545. The normalized spacial score (nSPS) is 29.3. The molecule has 0 aromatic heterocycles. The summed E-state index contributed by atoms with van der Waals surface area (Å²) in [4.78, 5) is 28.2. The number of allylic oxidation sites excluding steroid dienone is 2. The molecule has 4 nitrogen and oxygen atoms in total. The summed E-state index contributed by atoms with van der Waals surface area (Å²) in [6.07, 6.45) is 11.7. The van der Waals surface area contributed by atoms with Crippen molar-refractivity contribution in [2.45, 2.75) is 51.0 Å². The van der Waals surface area contributed by atoms with Crippen molar-refractivity contribution >= 4 is 11.9 Å². The Morgan fingerprint density at radius 3 is 2.62 bits per heavy atom. The second-order valence-corrected chi connectivity index (χ2v) is 7.81. The molecule has 26 heavy (non-hydrogen) atoms. The highest BCUT2D eigenvalue weighted by atomic mass is 16.5. The van der Waals surface area contributed by atoms with Crippen molar-refractivity contribution in [1.29, 1.82) is 0 Å². The maximum Gasteiger partial charge on any atom is 0.315 e. The first kappa shape index (κ1) is 17.3. The van der Waals surface area contributed by atoms with Crippen molar-refractivity contribution in [2.75, 3.05) is 6.54 Å². The van der Waals surface area contributed by atoms with Gasteiger partial charge in [-0.25, -0.2) is 0 Å². The standard InChI is InChI=1S/C22H27NO3.H2/c24-21-20-16(14-15-23(21)17-9-3-1-4-10-17)8-7-13-19(20)22(25)26-18-11-5-2-6-12-18;/h2,5-8,11-12,16-17,19-20H,1,3-4,9-10,13-15H2;1H/t16?,19-,20?;/m0./s1. The van der Waals surface area contributed by atoms with Crippen LogP contribution in [0.2, 0.25) is 0 Å². The van der Waals surface area contributed by atoms with Gasteiger partial charge in [-0.2, -0.15) is 0 Å². The Hall–Kier alpha value is -2.10. The van der Waals surface area contributed by atoms with Crippen LogP contribution in [0, 0.1) is 17.8 Å². The molecule has 4 rings (SSSR count). The molecule has 0 bridgehead atoms. The van der Waals surface area contributed by atoms with Crippen molar-refractivity contribution in [3.8, 4) is 5.75 Å². The first-order chi connectivity index (χ1) is 12.7. The molecule has 1 amide bonds. The summed E-state index contributed by atoms with van der Waals surface area (Å²) >= 11 is 0. The van der Waals surface area contributed by atoms with E-state index in [-0.39, 0.29) is 31.1 Å². The van der Waals surface area contributed by atoms with Crippen LogP contribution in [-0.2, 0) is 9.59 Å². The molecular weight excluding hydrogens is 326 g/mol. The van der Waals surface area contributed by atoms with E-state index in [4.69, 9.17) is 4.74 Å². The van der Waals surface area contributed by atoms with Gasteiger partial charge in [-0.1, -0.05) is 49.6 Å². The summed E-state index contributed by atoms with van der Waals surface area (Å²) in [5, 5.41) is 0. The average Bonchev–Trinajstić information content (AvgIpc) is 2.69. The minimum Gasteiger partial charge on any atom is -0.426 e. The van der Waals surface area contributed by atoms with E-state index in [1.807, 2.05) is 18.2 Å². The minimum atomic E-state index is -0.371. The van der Waals surface area contributed by atoms with Gasteiger partial charge in [-0.05, 0) is 43.7 Å². The zero-order valence-electron chi connectivity index (χ0n) is 15.2. The third-order valence-electron chi connectivity index (χ3n) is 6.22. The van der Waals surface area contributed by atoms with Gasteiger partial charge in [0.2, 0.25) is 5.91 Å². The number of carbonyl (C=O) groups excluding carboxylic acids is 2. The number of amides is 1. The molecule has 1 saturated heterocycles. The summed E-state index contributed by atoms with van der Waals surface area (Å²) in [7, 11) is 0. The molecule has 1 aromatic carbocycles. The number of hydrogen-bond donors (Lipinski definition) is 0. The third kappa shape index (κ3) is 3.42. The first-order valence-corrected chi connectivity index (χ1v) is 9.98. The Morgan fingerprint density at radius 1 is 1.08 bits per heavy atom. The molecule has 1 saturated carbocycles. The van der Waals surface area contributed by atoms with Crippen molar-refractivity contribution in [1.82, 2.24) is 4.90 Å². The van der Waals surface area contributed by atoms with E-state index in [0.29, 0.717) is 18.2 Å². The van der Waals surface area contributed by atoms with Crippen molar-refractivity contribution in [3.63, 3.8) is 0 Å². The summed E-state index contributed by atoms with van der Waals surface area (Å²) in [6, 6.07) is 9.53. The van der Waals surface area contributed by atoms with E-state index in [9.17, 15) is 9.59 Å². The molecule has 2 unspecified atom stereocenters. The summed E-state index contributed by atoms with van der Waals surface area (Å²) in [5.74, 6) is -0.00157. The Balaban J connectivity index is 0.00000210. The quantitative estimate of drug-likeness (QED) is 0.463. The highest BCUT2D eigenvalue weighted by molar-refractivity contribution is 5.88. The van der Waals surface area contributed by atoms with Crippen LogP contribution in [0.5, 0.6) is 5.75 Å². The summed E-state index contributed by atoms with van der Waals surface area (Å²) < 4.78 is 5.59. The van der Waals surface area contributed by atoms with Gasteiger partial charge in [-0.3, -0.25) is 9.59 Å². The van der Waals surface area contributed by atoms with Crippen LogP contribution in [0.1, 0.15) is 46.4 Å². The zero-order valence-corrected chi connectivity index (χ0v) is 15.2. The van der Waals surface area contributed by atoms with Crippen LogP contribution >= 0.6 is 0 Å². The monoisotopic (exact) mass is 355 g/mol. The van der Waals surface area contributed by atoms with Gasteiger partial charge in [0.05, 0.1) is 11.8 Å². The number of esters is 1. The predicted molar refractivity (Wildman–Crippen MR) is 102 cm³/mol. The lowest BCUT2D eigenvalue weighted by molar-refractivity contribution is -0.155. The molecule has 0 spiro atoms. The van der Waals surface area contributed by atoms with E-state index in [1.54, 1.807) is 12.1 Å². The number of para-hydroxylation sites is 1. The number of piperidine rings is 1. The topological polar surface area (TPSA) is 46.6 Å². The smallest absolute Gasteiger partial charge is 0.315 e. The maximum absolute atomic E-state index is 13.3. The van der Waals surface area contributed by atoms with E-state index < -0.39 is 0 Å². The molecule has 2 aliphatic carbocycles. The number of hydrogen-bond acceptors (Lipinski definition) is 3. The Kier molecular flexibility index (Phi) is 5.09. The molecule has 1 aliphatic heterocycles.